The molecule has 34 heavy (non-hydrogen) atoms. The zero-order valence-electron chi connectivity index (χ0n) is 20.3. The van der Waals surface area contributed by atoms with Crippen molar-refractivity contribution in [2.45, 2.75) is 52.0 Å². The van der Waals surface area contributed by atoms with Gasteiger partial charge < -0.3 is 14.2 Å². The summed E-state index contributed by atoms with van der Waals surface area (Å²) in [5.41, 5.74) is 4.03. The highest BCUT2D eigenvalue weighted by atomic mass is 19.1. The Labute approximate surface area is 198 Å². The van der Waals surface area contributed by atoms with Crippen molar-refractivity contribution in [1.82, 2.24) is 19.2 Å². The summed E-state index contributed by atoms with van der Waals surface area (Å²) in [6, 6.07) is 9.01. The van der Waals surface area contributed by atoms with Crippen LogP contribution in [-0.4, -0.2) is 51.5 Å². The molecule has 1 aliphatic rings. The maximum Gasteiger partial charge on any atom is 0.252 e. The van der Waals surface area contributed by atoms with Gasteiger partial charge >= 0.3 is 0 Å². The molecule has 0 N–H and O–H groups in total. The van der Waals surface area contributed by atoms with E-state index < -0.39 is 0 Å². The summed E-state index contributed by atoms with van der Waals surface area (Å²) >= 11 is 0. The molecule has 1 aromatic carbocycles. The number of aromatic nitrogens is 3. The van der Waals surface area contributed by atoms with Crippen LogP contribution >= 0.6 is 0 Å². The second kappa shape index (κ2) is 9.57. The molecule has 0 radical (unpaired) electrons. The number of nitriles is 1. The number of pyridine rings is 1. The van der Waals surface area contributed by atoms with Crippen molar-refractivity contribution in [2.75, 3.05) is 25.1 Å². The Hall–Kier alpha value is -3.22. The Morgan fingerprint density at radius 3 is 2.74 bits per heavy atom. The van der Waals surface area contributed by atoms with E-state index in [0.717, 1.165) is 28.9 Å². The van der Waals surface area contributed by atoms with E-state index in [0.29, 0.717) is 18.7 Å². The van der Waals surface area contributed by atoms with Crippen molar-refractivity contribution in [1.29, 1.82) is 5.26 Å². The predicted octanol–water partition coefficient (Wildman–Crippen LogP) is 3.20. The summed E-state index contributed by atoms with van der Waals surface area (Å²) in [4.78, 5) is 17.4. The van der Waals surface area contributed by atoms with Crippen LogP contribution in [0.15, 0.2) is 35.3 Å². The Morgan fingerprint density at radius 1 is 1.26 bits per heavy atom. The average molecular weight is 467 g/mol. The fourth-order valence-electron chi connectivity index (χ4n) is 5.08. The number of aryl methyl sites for hydroxylation is 1. The molecule has 0 amide bonds. The van der Waals surface area contributed by atoms with Crippen molar-refractivity contribution in [3.05, 3.63) is 57.8 Å². The first kappa shape index (κ1) is 23.9. The lowest BCUT2D eigenvalue weighted by molar-refractivity contribution is 0.116. The molecule has 1 aliphatic heterocycles. The van der Waals surface area contributed by atoms with Gasteiger partial charge in [-0.05, 0) is 44.0 Å². The van der Waals surface area contributed by atoms with Gasteiger partial charge in [0.2, 0.25) is 0 Å². The minimum absolute atomic E-state index is 0.0730. The molecule has 2 aromatic heterocycles. The number of hydrogen-bond donors (Lipinski definition) is 0. The molecule has 1 fully saturated rings. The summed E-state index contributed by atoms with van der Waals surface area (Å²) < 4.78 is 22.3. The summed E-state index contributed by atoms with van der Waals surface area (Å²) in [7, 11) is 3.34. The van der Waals surface area contributed by atoms with E-state index in [-0.39, 0.29) is 36.0 Å². The molecule has 0 spiro atoms. The Balaban J connectivity index is 1.66. The van der Waals surface area contributed by atoms with E-state index in [2.05, 4.69) is 41.7 Å². The Bertz CT molecular complexity index is 1290. The number of nitrogens with zero attached hydrogens (tertiary/aromatic N) is 6. The summed E-state index contributed by atoms with van der Waals surface area (Å²) in [5, 5.41) is 13.7. The maximum atomic E-state index is 13.9. The molecule has 1 saturated heterocycles. The van der Waals surface area contributed by atoms with Crippen LogP contribution in [0.25, 0.3) is 11.0 Å². The lowest BCUT2D eigenvalue weighted by Crippen LogP contribution is -2.57. The second-order valence-electron chi connectivity index (χ2n) is 9.14. The standard InChI is InChI=1S/C25H31FN6O2/c1-16-13-32(22-11-24(33)29(4)23-14-30(9-8-27)28-25(22)23)17(2)12-31(16)18(3)21-7-6-20(26)10-19(21)15-34-5/h6-7,10-11,14,16-18H,9,12-13,15H2,1-5H3/t16-,17+,18?/m1/s1. The molecule has 9 heteroatoms. The van der Waals surface area contributed by atoms with Gasteiger partial charge in [-0.1, -0.05) is 6.07 Å². The van der Waals surface area contributed by atoms with Gasteiger partial charge in [0, 0.05) is 51.4 Å². The Kier molecular flexibility index (Phi) is 6.73. The van der Waals surface area contributed by atoms with Gasteiger partial charge in [-0.2, -0.15) is 10.4 Å². The third-order valence-electron chi connectivity index (χ3n) is 6.87. The normalized spacial score (nSPS) is 20.0. The van der Waals surface area contributed by atoms with E-state index >= 15 is 0 Å². The number of ether oxygens (including phenoxy) is 1. The van der Waals surface area contributed by atoms with Crippen LogP contribution in [0.1, 0.15) is 37.9 Å². The largest absolute Gasteiger partial charge is 0.380 e. The molecule has 1 unspecified atom stereocenters. The SMILES string of the molecule is COCc1cc(F)ccc1C(C)N1C[C@H](C)N(c2cc(=O)n(C)c3cn(CC#N)nc23)C[C@H]1C. The van der Waals surface area contributed by atoms with Gasteiger partial charge in [-0.25, -0.2) is 4.39 Å². The van der Waals surface area contributed by atoms with Crippen LogP contribution in [-0.2, 0) is 24.9 Å². The summed E-state index contributed by atoms with van der Waals surface area (Å²) in [6.45, 7) is 8.41. The van der Waals surface area contributed by atoms with E-state index in [1.807, 2.05) is 6.07 Å². The lowest BCUT2D eigenvalue weighted by Gasteiger charge is -2.48. The number of hydrogen-bond acceptors (Lipinski definition) is 6. The average Bonchev–Trinajstić information content (AvgIpc) is 3.22. The zero-order valence-corrected chi connectivity index (χ0v) is 20.3. The van der Waals surface area contributed by atoms with Crippen molar-refractivity contribution in [3.63, 3.8) is 0 Å². The number of piperazine rings is 1. The highest BCUT2D eigenvalue weighted by Gasteiger charge is 2.34. The van der Waals surface area contributed by atoms with Gasteiger partial charge in [0.05, 0.1) is 30.1 Å². The van der Waals surface area contributed by atoms with Crippen molar-refractivity contribution >= 4 is 16.7 Å². The first-order valence-electron chi connectivity index (χ1n) is 11.5. The number of benzene rings is 1. The third kappa shape index (κ3) is 4.31. The van der Waals surface area contributed by atoms with Crippen LogP contribution in [0, 0.1) is 17.1 Å². The molecule has 3 heterocycles. The summed E-state index contributed by atoms with van der Waals surface area (Å²) in [6.07, 6.45) is 1.75. The summed E-state index contributed by atoms with van der Waals surface area (Å²) in [5.74, 6) is -0.264. The zero-order chi connectivity index (χ0) is 24.6. The van der Waals surface area contributed by atoms with Crippen molar-refractivity contribution < 1.29 is 9.13 Å². The second-order valence-corrected chi connectivity index (χ2v) is 9.14. The van der Waals surface area contributed by atoms with Crippen LogP contribution in [0.2, 0.25) is 0 Å². The van der Waals surface area contributed by atoms with Crippen LogP contribution in [0.4, 0.5) is 10.1 Å². The number of methoxy groups -OCH3 is 1. The topological polar surface area (TPSA) is 79.3 Å². The molecular formula is C25H31FN6O2. The van der Waals surface area contributed by atoms with Gasteiger partial charge in [-0.15, -0.1) is 0 Å². The maximum absolute atomic E-state index is 13.9. The first-order valence-corrected chi connectivity index (χ1v) is 11.5. The Morgan fingerprint density at radius 2 is 2.03 bits per heavy atom. The fraction of sp³-hybridized carbons (Fsp3) is 0.480. The minimum atomic E-state index is -0.264. The number of anilines is 1. The van der Waals surface area contributed by atoms with E-state index in [4.69, 9.17) is 10.00 Å². The van der Waals surface area contributed by atoms with Gasteiger partial charge in [0.15, 0.2) is 0 Å². The van der Waals surface area contributed by atoms with E-state index in [1.165, 1.54) is 6.07 Å². The molecule has 180 valence electrons. The highest BCUT2D eigenvalue weighted by Crippen LogP contribution is 2.33. The van der Waals surface area contributed by atoms with Crippen molar-refractivity contribution in [3.8, 4) is 6.07 Å². The third-order valence-corrected chi connectivity index (χ3v) is 6.87. The van der Waals surface area contributed by atoms with Crippen molar-refractivity contribution in [2.24, 2.45) is 7.05 Å². The smallest absolute Gasteiger partial charge is 0.252 e. The minimum Gasteiger partial charge on any atom is -0.380 e. The molecule has 0 aliphatic carbocycles. The highest BCUT2D eigenvalue weighted by molar-refractivity contribution is 5.88. The van der Waals surface area contributed by atoms with E-state index in [1.54, 1.807) is 41.7 Å². The molecule has 8 nitrogen and oxygen atoms in total. The molecule has 3 atom stereocenters. The van der Waals surface area contributed by atoms with Crippen LogP contribution in [0.3, 0.4) is 0 Å². The van der Waals surface area contributed by atoms with E-state index in [9.17, 15) is 9.18 Å². The molecule has 4 rings (SSSR count). The molecule has 0 saturated carbocycles. The van der Waals surface area contributed by atoms with Crippen LogP contribution < -0.4 is 10.5 Å². The number of fused-ring (bicyclic) bond motifs is 1. The quantitative estimate of drug-likeness (QED) is 0.555. The number of rotatable bonds is 6. The molecule has 0 bridgehead atoms. The number of halogens is 1. The van der Waals surface area contributed by atoms with Gasteiger partial charge in [0.25, 0.3) is 5.56 Å². The van der Waals surface area contributed by atoms with Crippen LogP contribution in [0.5, 0.6) is 0 Å². The predicted molar refractivity (Wildman–Crippen MR) is 129 cm³/mol. The van der Waals surface area contributed by atoms with Gasteiger partial charge in [0.1, 0.15) is 17.9 Å². The molecule has 3 aromatic rings. The molecular weight excluding hydrogens is 435 g/mol. The first-order chi connectivity index (χ1) is 16.2. The lowest BCUT2D eigenvalue weighted by atomic mass is 9.96. The monoisotopic (exact) mass is 466 g/mol. The van der Waals surface area contributed by atoms with Gasteiger partial charge in [-0.3, -0.25) is 14.4 Å². The fourth-order valence-corrected chi connectivity index (χ4v) is 5.08.